The van der Waals surface area contributed by atoms with Gasteiger partial charge in [0, 0.05) is 18.8 Å². The van der Waals surface area contributed by atoms with E-state index in [0.717, 1.165) is 18.4 Å². The molecule has 0 spiro atoms. The minimum absolute atomic E-state index is 0.0440. The lowest BCUT2D eigenvalue weighted by Crippen LogP contribution is -2.38. The molecule has 1 rings (SSSR count). The maximum absolute atomic E-state index is 12.2. The third-order valence-corrected chi connectivity index (χ3v) is 4.88. The summed E-state index contributed by atoms with van der Waals surface area (Å²) in [6.07, 6.45) is 3.38. The van der Waals surface area contributed by atoms with Crippen LogP contribution in [0.25, 0.3) is 0 Å². The Morgan fingerprint density at radius 3 is 2.37 bits per heavy atom. The van der Waals surface area contributed by atoms with Gasteiger partial charge >= 0.3 is 0 Å². The van der Waals surface area contributed by atoms with Crippen LogP contribution in [0, 0.1) is 5.92 Å². The molecule has 108 valence electrons. The van der Waals surface area contributed by atoms with E-state index in [1.54, 1.807) is 6.07 Å². The van der Waals surface area contributed by atoms with Gasteiger partial charge in [0.1, 0.15) is 0 Å². The molecule has 0 fully saturated rings. The van der Waals surface area contributed by atoms with Crippen molar-refractivity contribution in [3.8, 4) is 0 Å². The fourth-order valence-corrected chi connectivity index (χ4v) is 3.33. The molecule has 0 bridgehead atoms. The first-order valence-electron chi connectivity index (χ1n) is 6.61. The standard InChI is InChI=1S/C13H23N3O2S/c1-4-12(5-2)10(3)16-19(17,18)13-7-6-11(8-14)9-15-13/h6-7,9-10,12,16H,4-5,8,14H2,1-3H3. The minimum Gasteiger partial charge on any atom is -0.326 e. The molecule has 1 aromatic rings. The molecule has 0 saturated carbocycles. The molecule has 1 atom stereocenters. The summed E-state index contributed by atoms with van der Waals surface area (Å²) in [5.74, 6) is 0.332. The molecular formula is C13H23N3O2S. The zero-order valence-corrected chi connectivity index (χ0v) is 12.6. The second-order valence-corrected chi connectivity index (χ2v) is 6.36. The van der Waals surface area contributed by atoms with E-state index in [2.05, 4.69) is 23.6 Å². The number of pyridine rings is 1. The van der Waals surface area contributed by atoms with Gasteiger partial charge in [-0.2, -0.15) is 0 Å². The smallest absolute Gasteiger partial charge is 0.258 e. The summed E-state index contributed by atoms with van der Waals surface area (Å²) in [6.45, 7) is 6.37. The number of nitrogens with zero attached hydrogens (tertiary/aromatic N) is 1. The molecule has 0 aromatic carbocycles. The van der Waals surface area contributed by atoms with Crippen molar-refractivity contribution in [1.29, 1.82) is 0 Å². The van der Waals surface area contributed by atoms with Gasteiger partial charge in [-0.25, -0.2) is 18.1 Å². The molecular weight excluding hydrogens is 262 g/mol. The highest BCUT2D eigenvalue weighted by Crippen LogP contribution is 2.15. The van der Waals surface area contributed by atoms with Crippen LogP contribution in [0.1, 0.15) is 39.2 Å². The van der Waals surface area contributed by atoms with Gasteiger partial charge in [0.2, 0.25) is 0 Å². The van der Waals surface area contributed by atoms with Gasteiger partial charge in [-0.3, -0.25) is 0 Å². The summed E-state index contributed by atoms with van der Waals surface area (Å²) in [4.78, 5) is 3.95. The SMILES string of the molecule is CCC(CC)C(C)NS(=O)(=O)c1ccc(CN)cn1. The minimum atomic E-state index is -3.55. The second kappa shape index (κ2) is 6.98. The predicted molar refractivity (Wildman–Crippen MR) is 76.0 cm³/mol. The lowest BCUT2D eigenvalue weighted by Gasteiger charge is -2.22. The van der Waals surface area contributed by atoms with Gasteiger partial charge in [0.05, 0.1) is 0 Å². The zero-order valence-electron chi connectivity index (χ0n) is 11.8. The molecule has 19 heavy (non-hydrogen) atoms. The van der Waals surface area contributed by atoms with Crippen molar-refractivity contribution >= 4 is 10.0 Å². The molecule has 0 aliphatic rings. The molecule has 1 aromatic heterocycles. The summed E-state index contributed by atoms with van der Waals surface area (Å²) in [7, 11) is -3.55. The van der Waals surface area contributed by atoms with Crippen LogP contribution in [-0.2, 0) is 16.6 Å². The van der Waals surface area contributed by atoms with Crippen LogP contribution >= 0.6 is 0 Å². The summed E-state index contributed by atoms with van der Waals surface area (Å²) in [6, 6.07) is 3.07. The monoisotopic (exact) mass is 285 g/mol. The van der Waals surface area contributed by atoms with Crippen molar-refractivity contribution in [2.75, 3.05) is 0 Å². The normalized spacial score (nSPS) is 13.7. The van der Waals surface area contributed by atoms with E-state index >= 15 is 0 Å². The van der Waals surface area contributed by atoms with Gasteiger partial charge in [-0.05, 0) is 24.5 Å². The molecule has 0 aliphatic carbocycles. The molecule has 5 nitrogen and oxygen atoms in total. The van der Waals surface area contributed by atoms with Gasteiger partial charge in [0.15, 0.2) is 5.03 Å². The fraction of sp³-hybridized carbons (Fsp3) is 0.615. The highest BCUT2D eigenvalue weighted by atomic mass is 32.2. The predicted octanol–water partition coefficient (Wildman–Crippen LogP) is 1.64. The van der Waals surface area contributed by atoms with Crippen molar-refractivity contribution in [2.24, 2.45) is 11.7 Å². The van der Waals surface area contributed by atoms with Crippen molar-refractivity contribution in [3.05, 3.63) is 23.9 Å². The van der Waals surface area contributed by atoms with Crippen molar-refractivity contribution in [2.45, 2.75) is 51.2 Å². The van der Waals surface area contributed by atoms with Crippen molar-refractivity contribution in [3.63, 3.8) is 0 Å². The average Bonchev–Trinajstić information content (AvgIpc) is 2.39. The number of rotatable bonds is 7. The molecule has 0 amide bonds. The Balaban J connectivity index is 2.85. The summed E-state index contributed by atoms with van der Waals surface area (Å²) < 4.78 is 27.0. The van der Waals surface area contributed by atoms with Gasteiger partial charge in [0.25, 0.3) is 10.0 Å². The lowest BCUT2D eigenvalue weighted by molar-refractivity contribution is 0.390. The zero-order chi connectivity index (χ0) is 14.5. The molecule has 0 saturated heterocycles. The van der Waals surface area contributed by atoms with Crippen LogP contribution < -0.4 is 10.5 Å². The summed E-state index contributed by atoms with van der Waals surface area (Å²) >= 11 is 0. The third-order valence-electron chi connectivity index (χ3n) is 3.41. The van der Waals surface area contributed by atoms with E-state index in [9.17, 15) is 8.42 Å². The van der Waals surface area contributed by atoms with E-state index in [1.165, 1.54) is 12.3 Å². The van der Waals surface area contributed by atoms with Crippen molar-refractivity contribution in [1.82, 2.24) is 9.71 Å². The van der Waals surface area contributed by atoms with E-state index in [1.807, 2.05) is 6.92 Å². The van der Waals surface area contributed by atoms with E-state index in [0.29, 0.717) is 12.5 Å². The first kappa shape index (κ1) is 16.1. The number of sulfonamides is 1. The maximum atomic E-state index is 12.2. The molecule has 0 aliphatic heterocycles. The topological polar surface area (TPSA) is 85.1 Å². The van der Waals surface area contributed by atoms with Crippen LogP contribution in [0.4, 0.5) is 0 Å². The maximum Gasteiger partial charge on any atom is 0.258 e. The van der Waals surface area contributed by atoms with Crippen LogP contribution in [0.2, 0.25) is 0 Å². The van der Waals surface area contributed by atoms with Gasteiger partial charge in [-0.1, -0.05) is 32.8 Å². The molecule has 6 heteroatoms. The van der Waals surface area contributed by atoms with Gasteiger partial charge in [-0.15, -0.1) is 0 Å². The highest BCUT2D eigenvalue weighted by molar-refractivity contribution is 7.89. The van der Waals surface area contributed by atoms with Crippen LogP contribution in [0.15, 0.2) is 23.4 Å². The van der Waals surface area contributed by atoms with E-state index in [4.69, 9.17) is 5.73 Å². The lowest BCUT2D eigenvalue weighted by atomic mass is 9.96. The first-order chi connectivity index (χ1) is 8.94. The van der Waals surface area contributed by atoms with E-state index < -0.39 is 10.0 Å². The number of nitrogens with two attached hydrogens (primary N) is 1. The molecule has 1 unspecified atom stereocenters. The third kappa shape index (κ3) is 4.26. The quantitative estimate of drug-likeness (QED) is 0.797. The second-order valence-electron chi connectivity index (χ2n) is 4.70. The molecule has 3 N–H and O–H groups in total. The van der Waals surface area contributed by atoms with E-state index in [-0.39, 0.29) is 11.1 Å². The van der Waals surface area contributed by atoms with Gasteiger partial charge < -0.3 is 5.73 Å². The van der Waals surface area contributed by atoms with Crippen LogP contribution in [-0.4, -0.2) is 19.4 Å². The van der Waals surface area contributed by atoms with Crippen LogP contribution in [0.3, 0.4) is 0 Å². The highest BCUT2D eigenvalue weighted by Gasteiger charge is 2.22. The number of aromatic nitrogens is 1. The first-order valence-corrected chi connectivity index (χ1v) is 8.10. The average molecular weight is 285 g/mol. The number of hydrogen-bond acceptors (Lipinski definition) is 4. The number of hydrogen-bond donors (Lipinski definition) is 2. The summed E-state index contributed by atoms with van der Waals surface area (Å²) in [5, 5.41) is 0.0440. The molecule has 1 heterocycles. The fourth-order valence-electron chi connectivity index (χ4n) is 2.09. The number of nitrogens with one attached hydrogen (secondary N) is 1. The Hall–Kier alpha value is -0.980. The summed E-state index contributed by atoms with van der Waals surface area (Å²) in [5.41, 5.74) is 6.27. The Morgan fingerprint density at radius 1 is 1.32 bits per heavy atom. The Labute approximate surface area is 115 Å². The Bertz CT molecular complexity index is 481. The molecule has 0 radical (unpaired) electrons. The Morgan fingerprint density at radius 2 is 1.95 bits per heavy atom. The Kier molecular flexibility index (Phi) is 5.90. The van der Waals surface area contributed by atoms with Crippen molar-refractivity contribution < 1.29 is 8.42 Å². The largest absolute Gasteiger partial charge is 0.326 e. The van der Waals surface area contributed by atoms with Crippen LogP contribution in [0.5, 0.6) is 0 Å².